The second-order valence-electron chi connectivity index (χ2n) is 8.00. The third-order valence-electron chi connectivity index (χ3n) is 6.95. The number of hydrogen-bond donors (Lipinski definition) is 0. The van der Waals surface area contributed by atoms with Gasteiger partial charge in [-0.1, -0.05) is 12.8 Å². The molecule has 0 aromatic heterocycles. The number of likely N-dealkylation sites (N-methyl/N-ethyl adjacent to an activating group) is 1. The van der Waals surface area contributed by atoms with Crippen molar-refractivity contribution in [3.8, 4) is 11.5 Å². The van der Waals surface area contributed by atoms with Gasteiger partial charge in [0.15, 0.2) is 0 Å². The fourth-order valence-electron chi connectivity index (χ4n) is 5.72. The second kappa shape index (κ2) is 6.81. The average molecular weight is 345 g/mol. The minimum atomic E-state index is 0.330. The standard InChI is InChI=1S/C21H31NO3/c1-22-9-8-21-7-5-4-6-17(21)19(22)14-16-18(21)12-15(24-3)13-20(16)25-11-10-23-2/h12-13,17,19H,4-11,14H2,1-3H3/t17-,19+,21?/m0/s1. The van der Waals surface area contributed by atoms with Gasteiger partial charge in [-0.3, -0.25) is 0 Å². The van der Waals surface area contributed by atoms with Crippen LogP contribution in [0.3, 0.4) is 0 Å². The number of likely N-dealkylation sites (tertiary alicyclic amines) is 1. The Labute approximate surface area is 151 Å². The maximum absolute atomic E-state index is 6.14. The Morgan fingerprint density at radius 2 is 2.04 bits per heavy atom. The van der Waals surface area contributed by atoms with E-state index in [9.17, 15) is 0 Å². The van der Waals surface area contributed by atoms with Crippen LogP contribution in [0.25, 0.3) is 0 Å². The highest BCUT2D eigenvalue weighted by molar-refractivity contribution is 5.53. The van der Waals surface area contributed by atoms with E-state index < -0.39 is 0 Å². The summed E-state index contributed by atoms with van der Waals surface area (Å²) in [5, 5.41) is 0. The minimum absolute atomic E-state index is 0.330. The topological polar surface area (TPSA) is 30.9 Å². The molecule has 0 spiro atoms. The summed E-state index contributed by atoms with van der Waals surface area (Å²) in [6.45, 7) is 2.41. The summed E-state index contributed by atoms with van der Waals surface area (Å²) in [4.78, 5) is 2.60. The predicted molar refractivity (Wildman–Crippen MR) is 98.7 cm³/mol. The first-order chi connectivity index (χ1) is 12.2. The summed E-state index contributed by atoms with van der Waals surface area (Å²) in [7, 11) is 5.79. The average Bonchev–Trinajstić information content (AvgIpc) is 2.65. The van der Waals surface area contributed by atoms with Crippen LogP contribution in [-0.2, 0) is 16.6 Å². The quantitative estimate of drug-likeness (QED) is 0.765. The summed E-state index contributed by atoms with van der Waals surface area (Å²) in [5.74, 6) is 2.73. The van der Waals surface area contributed by atoms with E-state index in [0.29, 0.717) is 24.7 Å². The number of piperidine rings is 1. The summed E-state index contributed by atoms with van der Waals surface area (Å²) >= 11 is 0. The van der Waals surface area contributed by atoms with Crippen molar-refractivity contribution in [2.24, 2.45) is 5.92 Å². The molecular weight excluding hydrogens is 314 g/mol. The normalized spacial score (nSPS) is 31.2. The van der Waals surface area contributed by atoms with Crippen molar-refractivity contribution in [3.63, 3.8) is 0 Å². The maximum Gasteiger partial charge on any atom is 0.126 e. The van der Waals surface area contributed by atoms with Crippen molar-refractivity contribution in [1.29, 1.82) is 0 Å². The van der Waals surface area contributed by atoms with Crippen LogP contribution in [0.2, 0.25) is 0 Å². The van der Waals surface area contributed by atoms with Gasteiger partial charge >= 0.3 is 0 Å². The number of hydrogen-bond acceptors (Lipinski definition) is 4. The Kier molecular flexibility index (Phi) is 4.67. The van der Waals surface area contributed by atoms with Gasteiger partial charge in [-0.15, -0.1) is 0 Å². The molecule has 0 amide bonds. The van der Waals surface area contributed by atoms with Crippen LogP contribution < -0.4 is 9.47 Å². The molecule has 1 aromatic carbocycles. The van der Waals surface area contributed by atoms with Gasteiger partial charge in [-0.05, 0) is 62.4 Å². The molecule has 0 N–H and O–H groups in total. The van der Waals surface area contributed by atoms with Crippen molar-refractivity contribution < 1.29 is 14.2 Å². The molecular formula is C21H31NO3. The molecule has 2 fully saturated rings. The van der Waals surface area contributed by atoms with Crippen molar-refractivity contribution in [3.05, 3.63) is 23.3 Å². The van der Waals surface area contributed by atoms with E-state index in [0.717, 1.165) is 23.8 Å². The van der Waals surface area contributed by atoms with Gasteiger partial charge in [0, 0.05) is 24.6 Å². The van der Waals surface area contributed by atoms with E-state index in [-0.39, 0.29) is 0 Å². The Bertz CT molecular complexity index is 632. The smallest absolute Gasteiger partial charge is 0.126 e. The van der Waals surface area contributed by atoms with Crippen LogP contribution in [-0.4, -0.2) is 52.0 Å². The van der Waals surface area contributed by atoms with Gasteiger partial charge in [0.05, 0.1) is 13.7 Å². The fourth-order valence-corrected chi connectivity index (χ4v) is 5.72. The van der Waals surface area contributed by atoms with E-state index in [1.165, 1.54) is 49.8 Å². The van der Waals surface area contributed by atoms with Crippen molar-refractivity contribution >= 4 is 0 Å². The number of fused-ring (bicyclic) bond motifs is 1. The molecule has 1 saturated carbocycles. The minimum Gasteiger partial charge on any atom is -0.497 e. The molecule has 4 nitrogen and oxygen atoms in total. The van der Waals surface area contributed by atoms with Gasteiger partial charge in [-0.2, -0.15) is 0 Å². The fraction of sp³-hybridized carbons (Fsp3) is 0.714. The van der Waals surface area contributed by atoms with Crippen LogP contribution in [0, 0.1) is 5.92 Å². The van der Waals surface area contributed by atoms with Crippen molar-refractivity contribution in [2.45, 2.75) is 50.0 Å². The number of ether oxygens (including phenoxy) is 3. The third-order valence-corrected chi connectivity index (χ3v) is 6.95. The zero-order valence-electron chi connectivity index (χ0n) is 15.8. The van der Waals surface area contributed by atoms with Crippen molar-refractivity contribution in [1.82, 2.24) is 4.90 Å². The van der Waals surface area contributed by atoms with E-state index in [1.54, 1.807) is 14.2 Å². The lowest BCUT2D eigenvalue weighted by atomic mass is 9.52. The van der Waals surface area contributed by atoms with E-state index in [4.69, 9.17) is 14.2 Å². The first-order valence-electron chi connectivity index (χ1n) is 9.73. The molecule has 3 aliphatic rings. The van der Waals surface area contributed by atoms with Gasteiger partial charge in [0.2, 0.25) is 0 Å². The molecule has 2 aliphatic carbocycles. The van der Waals surface area contributed by atoms with Crippen LogP contribution >= 0.6 is 0 Å². The number of rotatable bonds is 5. The lowest BCUT2D eigenvalue weighted by molar-refractivity contribution is 0.00184. The monoisotopic (exact) mass is 345 g/mol. The highest BCUT2D eigenvalue weighted by Crippen LogP contribution is 2.57. The first kappa shape index (κ1) is 17.2. The first-order valence-corrected chi connectivity index (χ1v) is 9.73. The van der Waals surface area contributed by atoms with Gasteiger partial charge in [0.1, 0.15) is 18.1 Å². The lowest BCUT2D eigenvalue weighted by Crippen LogP contribution is -2.59. The van der Waals surface area contributed by atoms with Crippen LogP contribution in [0.5, 0.6) is 11.5 Å². The molecule has 4 rings (SSSR count). The molecule has 1 aliphatic heterocycles. The predicted octanol–water partition coefficient (Wildman–Crippen LogP) is 3.41. The van der Waals surface area contributed by atoms with Crippen LogP contribution in [0.15, 0.2) is 12.1 Å². The lowest BCUT2D eigenvalue weighted by Gasteiger charge is -2.58. The van der Waals surface area contributed by atoms with Crippen molar-refractivity contribution in [2.75, 3.05) is 41.0 Å². The Balaban J connectivity index is 1.80. The number of benzene rings is 1. The van der Waals surface area contributed by atoms with Crippen LogP contribution in [0.4, 0.5) is 0 Å². The summed E-state index contributed by atoms with van der Waals surface area (Å²) in [6, 6.07) is 5.04. The van der Waals surface area contributed by atoms with Gasteiger partial charge in [0.25, 0.3) is 0 Å². The molecule has 3 atom stereocenters. The van der Waals surface area contributed by atoms with Crippen LogP contribution in [0.1, 0.15) is 43.2 Å². The summed E-state index contributed by atoms with van der Waals surface area (Å²) < 4.78 is 17.0. The molecule has 2 bridgehead atoms. The number of nitrogens with zero attached hydrogens (tertiary/aromatic N) is 1. The Morgan fingerprint density at radius 1 is 1.16 bits per heavy atom. The maximum atomic E-state index is 6.14. The molecule has 25 heavy (non-hydrogen) atoms. The molecule has 1 unspecified atom stereocenters. The van der Waals surface area contributed by atoms with Gasteiger partial charge < -0.3 is 19.1 Å². The summed E-state index contributed by atoms with van der Waals surface area (Å²) in [5.41, 5.74) is 3.27. The zero-order valence-corrected chi connectivity index (χ0v) is 15.8. The highest BCUT2D eigenvalue weighted by atomic mass is 16.5. The van der Waals surface area contributed by atoms with E-state index in [1.807, 2.05) is 0 Å². The molecule has 4 heteroatoms. The second-order valence-corrected chi connectivity index (χ2v) is 8.00. The molecule has 1 aromatic rings. The molecule has 1 saturated heterocycles. The third kappa shape index (κ3) is 2.74. The Morgan fingerprint density at radius 3 is 2.84 bits per heavy atom. The number of methoxy groups -OCH3 is 2. The summed E-state index contributed by atoms with van der Waals surface area (Å²) in [6.07, 6.45) is 7.79. The van der Waals surface area contributed by atoms with E-state index >= 15 is 0 Å². The molecule has 1 heterocycles. The SMILES string of the molecule is COCCOc1cc(OC)cc2c1C[C@@H]1[C@@H]3CCCCC23CCN1C. The zero-order chi connectivity index (χ0) is 17.4. The van der Waals surface area contributed by atoms with Gasteiger partial charge in [-0.25, -0.2) is 0 Å². The van der Waals surface area contributed by atoms with E-state index in [2.05, 4.69) is 24.1 Å². The highest BCUT2D eigenvalue weighted by Gasteiger charge is 2.53. The molecule has 0 radical (unpaired) electrons. The molecule has 138 valence electrons. The largest absolute Gasteiger partial charge is 0.497 e. The Hall–Kier alpha value is -1.26.